The fraction of sp³-hybridized carbons (Fsp3) is 0.143. The Labute approximate surface area is 134 Å². The molecule has 0 bridgehead atoms. The number of nitro benzene ring substituents is 1. The Morgan fingerprint density at radius 2 is 1.67 bits per heavy atom. The number of hydrogen-bond acceptors (Lipinski definition) is 6. The Morgan fingerprint density at radius 1 is 1.00 bits per heavy atom. The van der Waals surface area contributed by atoms with Crippen LogP contribution in [0.15, 0.2) is 33.9 Å². The predicted octanol–water partition coefficient (Wildman–Crippen LogP) is 1.07. The lowest BCUT2D eigenvalue weighted by Crippen LogP contribution is -2.39. The molecule has 1 aromatic heterocycles. The van der Waals surface area contributed by atoms with Gasteiger partial charge >= 0.3 is 16.9 Å². The zero-order valence-electron chi connectivity index (χ0n) is 12.7. The fourth-order valence-electron chi connectivity index (χ4n) is 2.12. The summed E-state index contributed by atoms with van der Waals surface area (Å²) in [6.07, 6.45) is 2.56. The molecule has 1 heterocycles. The minimum absolute atomic E-state index is 0.149. The molecule has 0 amide bonds. The fourth-order valence-corrected chi connectivity index (χ4v) is 2.12. The van der Waals surface area contributed by atoms with E-state index < -0.39 is 26.8 Å². The quantitative estimate of drug-likeness (QED) is 0.608. The number of nitrogens with zero attached hydrogens (tertiary/aromatic N) is 4. The molecule has 2 rings (SSSR count). The molecule has 24 heavy (non-hydrogen) atoms. The first-order valence-electron chi connectivity index (χ1n) is 6.61. The summed E-state index contributed by atoms with van der Waals surface area (Å²) in [7, 11) is 2.44. The summed E-state index contributed by atoms with van der Waals surface area (Å²) in [6, 6.07) is 5.57. The zero-order chi connectivity index (χ0) is 18.0. The van der Waals surface area contributed by atoms with Crippen LogP contribution in [-0.2, 0) is 14.1 Å². The third-order valence-corrected chi connectivity index (χ3v) is 3.38. The Morgan fingerprint density at radius 3 is 2.25 bits per heavy atom. The van der Waals surface area contributed by atoms with Crippen molar-refractivity contribution in [2.75, 3.05) is 0 Å². The molecular formula is C14H12N4O6. The van der Waals surface area contributed by atoms with Gasteiger partial charge in [0, 0.05) is 26.2 Å². The summed E-state index contributed by atoms with van der Waals surface area (Å²) >= 11 is 0. The third-order valence-electron chi connectivity index (χ3n) is 3.38. The highest BCUT2D eigenvalue weighted by Gasteiger charge is 2.23. The van der Waals surface area contributed by atoms with Gasteiger partial charge in [0.25, 0.3) is 5.69 Å². The van der Waals surface area contributed by atoms with Crippen LogP contribution in [0.3, 0.4) is 0 Å². The number of nitro groups is 2. The summed E-state index contributed by atoms with van der Waals surface area (Å²) < 4.78 is 1.61. The van der Waals surface area contributed by atoms with E-state index in [-0.39, 0.29) is 11.4 Å². The Bertz CT molecular complexity index is 986. The van der Waals surface area contributed by atoms with Gasteiger partial charge in [-0.25, -0.2) is 4.79 Å². The number of aromatic nitrogens is 2. The normalized spacial score (nSPS) is 10.9. The van der Waals surface area contributed by atoms with E-state index in [2.05, 4.69) is 0 Å². The monoisotopic (exact) mass is 332 g/mol. The first kappa shape index (κ1) is 16.8. The van der Waals surface area contributed by atoms with Gasteiger partial charge in [-0.3, -0.25) is 34.2 Å². The molecule has 0 saturated heterocycles. The van der Waals surface area contributed by atoms with Gasteiger partial charge in [0.05, 0.1) is 9.85 Å². The van der Waals surface area contributed by atoms with E-state index in [1.54, 1.807) is 6.07 Å². The second-order valence-electron chi connectivity index (χ2n) is 4.88. The lowest BCUT2D eigenvalue weighted by atomic mass is 10.1. The second kappa shape index (κ2) is 6.28. The van der Waals surface area contributed by atoms with E-state index in [1.165, 1.54) is 37.4 Å². The van der Waals surface area contributed by atoms with Gasteiger partial charge in [-0.1, -0.05) is 18.2 Å². The third kappa shape index (κ3) is 2.97. The first-order valence-corrected chi connectivity index (χ1v) is 6.61. The van der Waals surface area contributed by atoms with Crippen molar-refractivity contribution in [1.82, 2.24) is 9.13 Å². The molecule has 0 aliphatic carbocycles. The van der Waals surface area contributed by atoms with Crippen LogP contribution >= 0.6 is 0 Å². The SMILES string of the molecule is Cn1c(C=Cc2cccc([N+](=O)[O-])c2)c([N+](=O)[O-])c(=O)n(C)c1=O. The topological polar surface area (TPSA) is 130 Å². The standard InChI is InChI=1S/C14H12N4O6/c1-15-11(12(18(23)24)13(19)16(2)14(15)20)7-6-9-4-3-5-10(8-9)17(21)22/h3-8H,1-2H3. The summed E-state index contributed by atoms with van der Waals surface area (Å²) in [4.78, 5) is 44.3. The molecule has 0 N–H and O–H groups in total. The predicted molar refractivity (Wildman–Crippen MR) is 85.6 cm³/mol. The van der Waals surface area contributed by atoms with Crippen LogP contribution in [-0.4, -0.2) is 19.0 Å². The average Bonchev–Trinajstić information content (AvgIpc) is 2.54. The molecule has 0 spiro atoms. The molecule has 2 aromatic rings. The van der Waals surface area contributed by atoms with Gasteiger partial charge in [-0.05, 0) is 11.6 Å². The maximum Gasteiger partial charge on any atom is 0.357 e. The van der Waals surface area contributed by atoms with Crippen LogP contribution in [0.5, 0.6) is 0 Å². The van der Waals surface area contributed by atoms with Crippen molar-refractivity contribution in [3.63, 3.8) is 0 Å². The molecule has 10 nitrogen and oxygen atoms in total. The highest BCUT2D eigenvalue weighted by molar-refractivity contribution is 5.72. The Balaban J connectivity index is 2.64. The molecule has 124 valence electrons. The van der Waals surface area contributed by atoms with Crippen molar-refractivity contribution in [3.05, 3.63) is 76.6 Å². The number of non-ortho nitro benzene ring substituents is 1. The van der Waals surface area contributed by atoms with E-state index in [4.69, 9.17) is 0 Å². The van der Waals surface area contributed by atoms with Crippen molar-refractivity contribution >= 4 is 23.5 Å². The van der Waals surface area contributed by atoms with E-state index in [1.807, 2.05) is 0 Å². The van der Waals surface area contributed by atoms with Crippen molar-refractivity contribution in [1.29, 1.82) is 0 Å². The maximum absolute atomic E-state index is 11.9. The minimum atomic E-state index is -1.03. The van der Waals surface area contributed by atoms with Crippen LogP contribution in [0, 0.1) is 20.2 Å². The van der Waals surface area contributed by atoms with E-state index >= 15 is 0 Å². The van der Waals surface area contributed by atoms with Gasteiger partial charge in [0.15, 0.2) is 0 Å². The summed E-state index contributed by atoms with van der Waals surface area (Å²) in [6.45, 7) is 0. The number of hydrogen-bond donors (Lipinski definition) is 0. The van der Waals surface area contributed by atoms with Crippen molar-refractivity contribution in [2.24, 2.45) is 14.1 Å². The molecule has 1 aromatic carbocycles. The maximum atomic E-state index is 11.9. The largest absolute Gasteiger partial charge is 0.357 e. The van der Waals surface area contributed by atoms with Gasteiger partial charge in [-0.2, -0.15) is 0 Å². The average molecular weight is 332 g/mol. The number of rotatable bonds is 4. The van der Waals surface area contributed by atoms with Crippen molar-refractivity contribution in [3.8, 4) is 0 Å². The minimum Gasteiger partial charge on any atom is -0.291 e. The van der Waals surface area contributed by atoms with Crippen LogP contribution in [0.1, 0.15) is 11.3 Å². The van der Waals surface area contributed by atoms with Crippen LogP contribution in [0.4, 0.5) is 11.4 Å². The highest BCUT2D eigenvalue weighted by Crippen LogP contribution is 2.18. The van der Waals surface area contributed by atoms with E-state index in [9.17, 15) is 29.8 Å². The summed E-state index contributed by atoms with van der Waals surface area (Å²) in [5, 5.41) is 21.9. The Kier molecular flexibility index (Phi) is 4.40. The second-order valence-corrected chi connectivity index (χ2v) is 4.88. The molecule has 0 aliphatic rings. The smallest absolute Gasteiger partial charge is 0.291 e. The van der Waals surface area contributed by atoms with Crippen molar-refractivity contribution < 1.29 is 9.85 Å². The molecule has 10 heteroatoms. The molecule has 0 saturated carbocycles. The van der Waals surface area contributed by atoms with Crippen LogP contribution < -0.4 is 11.2 Å². The number of benzene rings is 1. The van der Waals surface area contributed by atoms with E-state index in [0.29, 0.717) is 10.1 Å². The molecule has 0 fully saturated rings. The van der Waals surface area contributed by atoms with E-state index in [0.717, 1.165) is 11.6 Å². The lowest BCUT2D eigenvalue weighted by molar-refractivity contribution is -0.387. The summed E-state index contributed by atoms with van der Waals surface area (Å²) in [5.74, 6) is 0. The van der Waals surface area contributed by atoms with Gasteiger partial charge in [0.1, 0.15) is 5.69 Å². The molecule has 0 unspecified atom stereocenters. The molecule has 0 radical (unpaired) electrons. The first-order chi connectivity index (χ1) is 11.2. The summed E-state index contributed by atoms with van der Waals surface area (Å²) in [5.41, 5.74) is -2.44. The van der Waals surface area contributed by atoms with Gasteiger partial charge in [-0.15, -0.1) is 0 Å². The molecular weight excluding hydrogens is 320 g/mol. The van der Waals surface area contributed by atoms with Crippen LogP contribution in [0.2, 0.25) is 0 Å². The van der Waals surface area contributed by atoms with Crippen molar-refractivity contribution in [2.45, 2.75) is 0 Å². The Hall–Kier alpha value is -3.56. The molecule has 0 aliphatic heterocycles. The van der Waals surface area contributed by atoms with Gasteiger partial charge < -0.3 is 0 Å². The van der Waals surface area contributed by atoms with Crippen LogP contribution in [0.25, 0.3) is 12.2 Å². The molecule has 0 atom stereocenters. The lowest BCUT2D eigenvalue weighted by Gasteiger charge is -2.06. The highest BCUT2D eigenvalue weighted by atomic mass is 16.6. The zero-order valence-corrected chi connectivity index (χ0v) is 12.7. The van der Waals surface area contributed by atoms with Gasteiger partial charge in [0.2, 0.25) is 0 Å².